The molecule has 128 valence electrons. The summed E-state index contributed by atoms with van der Waals surface area (Å²) in [6.07, 6.45) is -1.06. The number of carbonyl (C=O) groups is 1. The molecule has 1 atom stereocenters. The minimum atomic E-state index is -3.59. The van der Waals surface area contributed by atoms with Crippen LogP contribution >= 0.6 is 22.9 Å². The summed E-state index contributed by atoms with van der Waals surface area (Å²) < 4.78 is 32.4. The number of benzene rings is 1. The number of hydrogen-bond donors (Lipinski definition) is 1. The first-order chi connectivity index (χ1) is 11.3. The van der Waals surface area contributed by atoms with Crippen LogP contribution in [0.1, 0.15) is 4.88 Å². The van der Waals surface area contributed by atoms with E-state index >= 15 is 0 Å². The van der Waals surface area contributed by atoms with Gasteiger partial charge in [0, 0.05) is 22.1 Å². The van der Waals surface area contributed by atoms with Crippen molar-refractivity contribution in [3.63, 3.8) is 0 Å². The predicted molar refractivity (Wildman–Crippen MR) is 93.3 cm³/mol. The number of carbonyl (C=O) groups excluding carboxylic acids is 1. The normalized spacial score (nSPS) is 18.0. The average molecular weight is 387 g/mol. The first kappa shape index (κ1) is 17.2. The van der Waals surface area contributed by atoms with Crippen molar-refractivity contribution in [2.75, 3.05) is 18.0 Å². The van der Waals surface area contributed by atoms with Gasteiger partial charge >= 0.3 is 6.09 Å². The Morgan fingerprint density at radius 2 is 2.00 bits per heavy atom. The van der Waals surface area contributed by atoms with Crippen molar-refractivity contribution in [3.05, 3.63) is 46.3 Å². The van der Waals surface area contributed by atoms with Gasteiger partial charge in [0.15, 0.2) is 0 Å². The molecule has 2 aromatic rings. The van der Waals surface area contributed by atoms with Gasteiger partial charge < -0.3 is 4.74 Å². The fraction of sp³-hybridized carbons (Fsp3) is 0.267. The highest BCUT2D eigenvalue weighted by Gasteiger charge is 2.33. The summed E-state index contributed by atoms with van der Waals surface area (Å²) in [5.74, 6) is 0. The molecule has 0 aliphatic carbocycles. The number of hydrogen-bond acceptors (Lipinski definition) is 5. The number of nitrogens with one attached hydrogen (secondary N) is 1. The van der Waals surface area contributed by atoms with Gasteiger partial charge in [0.25, 0.3) is 0 Å². The van der Waals surface area contributed by atoms with Gasteiger partial charge in [0.2, 0.25) is 10.0 Å². The molecule has 6 nitrogen and oxygen atoms in total. The van der Waals surface area contributed by atoms with E-state index in [-0.39, 0.29) is 17.3 Å². The molecule has 0 radical (unpaired) electrons. The molecule has 0 saturated carbocycles. The molecular weight excluding hydrogens is 372 g/mol. The van der Waals surface area contributed by atoms with Crippen molar-refractivity contribution in [1.29, 1.82) is 0 Å². The zero-order chi connectivity index (χ0) is 17.3. The monoisotopic (exact) mass is 386 g/mol. The Morgan fingerprint density at radius 3 is 2.62 bits per heavy atom. The molecule has 1 unspecified atom stereocenters. The first-order valence-electron chi connectivity index (χ1n) is 7.15. The van der Waals surface area contributed by atoms with Crippen LogP contribution in [0.5, 0.6) is 0 Å². The SMILES string of the molecule is Cc1ccc(S(=O)(=O)NCC2CN(c3ccc(Cl)cc3)C(=O)O2)s1. The Labute approximate surface area is 149 Å². The Morgan fingerprint density at radius 1 is 1.29 bits per heavy atom. The van der Waals surface area contributed by atoms with E-state index in [0.717, 1.165) is 4.88 Å². The molecule has 1 saturated heterocycles. The van der Waals surface area contributed by atoms with Gasteiger partial charge in [-0.15, -0.1) is 11.3 Å². The molecule has 0 spiro atoms. The quantitative estimate of drug-likeness (QED) is 0.857. The van der Waals surface area contributed by atoms with E-state index in [1.807, 2.05) is 6.92 Å². The van der Waals surface area contributed by atoms with Gasteiger partial charge in [-0.1, -0.05) is 11.6 Å². The highest BCUT2D eigenvalue weighted by molar-refractivity contribution is 7.91. The second kappa shape index (κ2) is 6.72. The maximum Gasteiger partial charge on any atom is 0.414 e. The predicted octanol–water partition coefficient (Wildman–Crippen LogP) is 3.01. The molecule has 1 fully saturated rings. The molecule has 24 heavy (non-hydrogen) atoms. The van der Waals surface area contributed by atoms with Crippen LogP contribution in [-0.2, 0) is 14.8 Å². The Hall–Kier alpha value is -1.61. The van der Waals surface area contributed by atoms with E-state index in [0.29, 0.717) is 10.7 Å². The van der Waals surface area contributed by atoms with Crippen LogP contribution in [0.25, 0.3) is 0 Å². The third kappa shape index (κ3) is 3.72. The molecule has 1 N–H and O–H groups in total. The van der Waals surface area contributed by atoms with E-state index in [1.165, 1.54) is 16.2 Å². The van der Waals surface area contributed by atoms with Gasteiger partial charge in [-0.2, -0.15) is 0 Å². The summed E-state index contributed by atoms with van der Waals surface area (Å²) in [5.41, 5.74) is 0.656. The standard InChI is InChI=1S/C15H15ClN2O4S2/c1-10-2-7-14(23-10)24(20,21)17-8-13-9-18(15(19)22-13)12-5-3-11(16)4-6-12/h2-7,13,17H,8-9H2,1H3. The van der Waals surface area contributed by atoms with Crippen molar-refractivity contribution in [3.8, 4) is 0 Å². The summed E-state index contributed by atoms with van der Waals surface area (Å²) in [6.45, 7) is 2.13. The van der Waals surface area contributed by atoms with Crippen LogP contribution in [0, 0.1) is 6.92 Å². The fourth-order valence-corrected chi connectivity index (χ4v) is 4.81. The second-order valence-corrected chi connectivity index (χ2v) is 9.03. The zero-order valence-electron chi connectivity index (χ0n) is 12.7. The van der Waals surface area contributed by atoms with Crippen LogP contribution in [0.3, 0.4) is 0 Å². The molecule has 1 amide bonds. The highest BCUT2D eigenvalue weighted by atomic mass is 35.5. The molecule has 1 aromatic heterocycles. The van der Waals surface area contributed by atoms with Crippen LogP contribution in [-0.4, -0.2) is 33.7 Å². The number of anilines is 1. The number of rotatable bonds is 5. The third-order valence-electron chi connectivity index (χ3n) is 3.49. The van der Waals surface area contributed by atoms with E-state index in [9.17, 15) is 13.2 Å². The summed E-state index contributed by atoms with van der Waals surface area (Å²) in [5, 5.41) is 0.571. The first-order valence-corrected chi connectivity index (χ1v) is 9.83. The number of ether oxygens (including phenoxy) is 1. The van der Waals surface area contributed by atoms with E-state index in [4.69, 9.17) is 16.3 Å². The summed E-state index contributed by atoms with van der Waals surface area (Å²) in [6, 6.07) is 10.1. The number of amides is 1. The number of halogens is 1. The number of thiophene rings is 1. The Bertz CT molecular complexity index is 849. The molecule has 1 aliphatic heterocycles. The van der Waals surface area contributed by atoms with Gasteiger partial charge in [0.1, 0.15) is 10.3 Å². The summed E-state index contributed by atoms with van der Waals surface area (Å²) >= 11 is 7.03. The van der Waals surface area contributed by atoms with Crippen molar-refractivity contribution in [2.24, 2.45) is 0 Å². The minimum Gasteiger partial charge on any atom is -0.443 e. The lowest BCUT2D eigenvalue weighted by Crippen LogP contribution is -2.34. The van der Waals surface area contributed by atoms with Crippen molar-refractivity contribution in [2.45, 2.75) is 17.2 Å². The molecule has 0 bridgehead atoms. The van der Waals surface area contributed by atoms with Crippen molar-refractivity contribution in [1.82, 2.24) is 4.72 Å². The van der Waals surface area contributed by atoms with Crippen LogP contribution < -0.4 is 9.62 Å². The largest absolute Gasteiger partial charge is 0.443 e. The lowest BCUT2D eigenvalue weighted by atomic mass is 10.3. The van der Waals surface area contributed by atoms with Gasteiger partial charge in [-0.25, -0.2) is 17.9 Å². The molecule has 3 rings (SSSR count). The van der Waals surface area contributed by atoms with Gasteiger partial charge in [-0.3, -0.25) is 4.90 Å². The summed E-state index contributed by atoms with van der Waals surface area (Å²) in [4.78, 5) is 14.3. The fourth-order valence-electron chi connectivity index (χ4n) is 2.29. The average Bonchev–Trinajstić information content (AvgIpc) is 3.13. The molecule has 1 aromatic carbocycles. The Kier molecular flexibility index (Phi) is 4.82. The van der Waals surface area contributed by atoms with Crippen LogP contribution in [0.2, 0.25) is 5.02 Å². The van der Waals surface area contributed by atoms with E-state index in [1.54, 1.807) is 36.4 Å². The van der Waals surface area contributed by atoms with Crippen LogP contribution in [0.4, 0.5) is 10.5 Å². The number of aryl methyl sites for hydroxylation is 1. The van der Waals surface area contributed by atoms with Crippen molar-refractivity contribution < 1.29 is 17.9 Å². The topological polar surface area (TPSA) is 75.7 Å². The lowest BCUT2D eigenvalue weighted by Gasteiger charge is -2.13. The lowest BCUT2D eigenvalue weighted by molar-refractivity contribution is 0.143. The maximum absolute atomic E-state index is 12.2. The van der Waals surface area contributed by atoms with E-state index in [2.05, 4.69) is 4.72 Å². The summed E-state index contributed by atoms with van der Waals surface area (Å²) in [7, 11) is -3.59. The minimum absolute atomic E-state index is 0.0229. The highest BCUT2D eigenvalue weighted by Crippen LogP contribution is 2.24. The zero-order valence-corrected chi connectivity index (χ0v) is 15.1. The number of sulfonamides is 1. The third-order valence-corrected chi connectivity index (χ3v) is 6.66. The number of nitrogens with zero attached hydrogens (tertiary/aromatic N) is 1. The van der Waals surface area contributed by atoms with Crippen LogP contribution in [0.15, 0.2) is 40.6 Å². The molecule has 2 heterocycles. The smallest absolute Gasteiger partial charge is 0.414 e. The molecule has 9 heteroatoms. The maximum atomic E-state index is 12.2. The van der Waals surface area contributed by atoms with Crippen molar-refractivity contribution >= 4 is 44.7 Å². The molecule has 1 aliphatic rings. The second-order valence-electron chi connectivity index (χ2n) is 5.31. The van der Waals surface area contributed by atoms with Gasteiger partial charge in [0.05, 0.1) is 6.54 Å². The molecular formula is C15H15ClN2O4S2. The number of cyclic esters (lactones) is 1. The Balaban J connectivity index is 1.63. The van der Waals surface area contributed by atoms with Gasteiger partial charge in [-0.05, 0) is 43.3 Å². The van der Waals surface area contributed by atoms with E-state index < -0.39 is 22.2 Å².